The molecule has 0 radical (unpaired) electrons. The maximum Gasteiger partial charge on any atom is 0.256 e. The Kier molecular flexibility index (Phi) is 4.08. The summed E-state index contributed by atoms with van der Waals surface area (Å²) in [6.45, 7) is 2.13. The van der Waals surface area contributed by atoms with Gasteiger partial charge in [0, 0.05) is 18.5 Å². The SMILES string of the molecule is O=C(Nc1ccccc1N1CCCC1)c1csc(Br)c1. The first-order valence-electron chi connectivity index (χ1n) is 6.63. The van der Waals surface area contributed by atoms with E-state index in [0.717, 1.165) is 28.3 Å². The summed E-state index contributed by atoms with van der Waals surface area (Å²) in [7, 11) is 0. The lowest BCUT2D eigenvalue weighted by Crippen LogP contribution is -2.20. The third-order valence-corrected chi connectivity index (χ3v) is 4.93. The van der Waals surface area contributed by atoms with Crippen molar-refractivity contribution < 1.29 is 4.79 Å². The number of nitrogens with zero attached hydrogens (tertiary/aromatic N) is 1. The summed E-state index contributed by atoms with van der Waals surface area (Å²) < 4.78 is 0.968. The number of carbonyl (C=O) groups excluding carboxylic acids is 1. The highest BCUT2D eigenvalue weighted by Gasteiger charge is 2.17. The van der Waals surface area contributed by atoms with Crippen LogP contribution in [0.25, 0.3) is 0 Å². The molecule has 0 aliphatic carbocycles. The Bertz CT molecular complexity index is 620. The smallest absolute Gasteiger partial charge is 0.256 e. The molecule has 1 fully saturated rings. The van der Waals surface area contributed by atoms with Gasteiger partial charge in [-0.1, -0.05) is 12.1 Å². The fourth-order valence-corrected chi connectivity index (χ4v) is 3.57. The summed E-state index contributed by atoms with van der Waals surface area (Å²) in [5.41, 5.74) is 2.70. The largest absolute Gasteiger partial charge is 0.370 e. The topological polar surface area (TPSA) is 32.3 Å². The standard InChI is InChI=1S/C15H15BrN2OS/c16-14-9-11(10-20-14)15(19)17-12-5-1-2-6-13(12)18-7-3-4-8-18/h1-2,5-6,9-10H,3-4,7-8H2,(H,17,19). The van der Waals surface area contributed by atoms with E-state index in [0.29, 0.717) is 5.56 Å². The number of halogens is 1. The number of thiophene rings is 1. The molecule has 0 saturated carbocycles. The molecule has 1 saturated heterocycles. The Morgan fingerprint density at radius 3 is 2.70 bits per heavy atom. The fraction of sp³-hybridized carbons (Fsp3) is 0.267. The Morgan fingerprint density at radius 1 is 1.25 bits per heavy atom. The van der Waals surface area contributed by atoms with Crippen molar-refractivity contribution in [1.29, 1.82) is 0 Å². The van der Waals surface area contributed by atoms with Gasteiger partial charge < -0.3 is 10.2 Å². The second-order valence-electron chi connectivity index (χ2n) is 4.80. The summed E-state index contributed by atoms with van der Waals surface area (Å²) >= 11 is 4.90. The summed E-state index contributed by atoms with van der Waals surface area (Å²) in [6.07, 6.45) is 2.44. The molecular formula is C15H15BrN2OS. The van der Waals surface area contributed by atoms with Crippen LogP contribution in [0.4, 0.5) is 11.4 Å². The quantitative estimate of drug-likeness (QED) is 0.891. The van der Waals surface area contributed by atoms with Gasteiger partial charge in [-0.15, -0.1) is 11.3 Å². The average molecular weight is 351 g/mol. The zero-order valence-corrected chi connectivity index (χ0v) is 13.3. The first-order valence-corrected chi connectivity index (χ1v) is 8.31. The number of anilines is 2. The molecule has 0 spiro atoms. The number of hydrogen-bond donors (Lipinski definition) is 1. The molecule has 2 aromatic rings. The van der Waals surface area contributed by atoms with Gasteiger partial charge in [-0.3, -0.25) is 4.79 Å². The highest BCUT2D eigenvalue weighted by atomic mass is 79.9. The zero-order chi connectivity index (χ0) is 13.9. The lowest BCUT2D eigenvalue weighted by molar-refractivity contribution is 0.102. The number of hydrogen-bond acceptors (Lipinski definition) is 3. The predicted molar refractivity (Wildman–Crippen MR) is 87.9 cm³/mol. The molecule has 5 heteroatoms. The second-order valence-corrected chi connectivity index (χ2v) is 7.10. The molecule has 2 heterocycles. The summed E-state index contributed by atoms with van der Waals surface area (Å²) in [6, 6.07) is 9.86. The maximum atomic E-state index is 12.3. The maximum absolute atomic E-state index is 12.3. The normalized spacial score (nSPS) is 14.6. The molecule has 1 aromatic heterocycles. The van der Waals surface area contributed by atoms with Crippen molar-refractivity contribution in [1.82, 2.24) is 0 Å². The van der Waals surface area contributed by atoms with E-state index >= 15 is 0 Å². The van der Waals surface area contributed by atoms with Crippen molar-refractivity contribution in [2.24, 2.45) is 0 Å². The van der Waals surface area contributed by atoms with Gasteiger partial charge >= 0.3 is 0 Å². The van der Waals surface area contributed by atoms with Gasteiger partial charge in [0.2, 0.25) is 0 Å². The molecule has 1 aromatic carbocycles. The van der Waals surface area contributed by atoms with Crippen LogP contribution in [-0.2, 0) is 0 Å². The van der Waals surface area contributed by atoms with Crippen molar-refractivity contribution in [3.05, 3.63) is 45.1 Å². The van der Waals surface area contributed by atoms with Crippen LogP contribution in [0.5, 0.6) is 0 Å². The van der Waals surface area contributed by atoms with Gasteiger partial charge in [-0.2, -0.15) is 0 Å². The summed E-state index contributed by atoms with van der Waals surface area (Å²) in [5.74, 6) is -0.0569. The number of nitrogens with one attached hydrogen (secondary N) is 1. The van der Waals surface area contributed by atoms with Crippen molar-refractivity contribution in [2.75, 3.05) is 23.3 Å². The molecule has 1 aliphatic heterocycles. The third kappa shape index (κ3) is 2.88. The zero-order valence-electron chi connectivity index (χ0n) is 10.9. The molecule has 3 nitrogen and oxygen atoms in total. The number of rotatable bonds is 3. The number of carbonyl (C=O) groups is 1. The highest BCUT2D eigenvalue weighted by molar-refractivity contribution is 9.11. The Balaban J connectivity index is 1.81. The van der Waals surface area contributed by atoms with Crippen molar-refractivity contribution in [2.45, 2.75) is 12.8 Å². The van der Waals surface area contributed by atoms with Crippen LogP contribution in [-0.4, -0.2) is 19.0 Å². The van der Waals surface area contributed by atoms with E-state index < -0.39 is 0 Å². The van der Waals surface area contributed by atoms with E-state index in [4.69, 9.17) is 0 Å². The minimum Gasteiger partial charge on any atom is -0.370 e. The van der Waals surface area contributed by atoms with Crippen LogP contribution < -0.4 is 10.2 Å². The van der Waals surface area contributed by atoms with E-state index in [2.05, 4.69) is 32.2 Å². The first-order chi connectivity index (χ1) is 9.74. The van der Waals surface area contributed by atoms with Crippen molar-refractivity contribution >= 4 is 44.5 Å². The molecule has 0 bridgehead atoms. The minimum absolute atomic E-state index is 0.0569. The van der Waals surface area contributed by atoms with Crippen LogP contribution >= 0.6 is 27.3 Å². The first kappa shape index (κ1) is 13.6. The molecule has 0 unspecified atom stereocenters. The van der Waals surface area contributed by atoms with E-state index in [1.54, 1.807) is 0 Å². The number of para-hydroxylation sites is 2. The lowest BCUT2D eigenvalue weighted by Gasteiger charge is -2.21. The summed E-state index contributed by atoms with van der Waals surface area (Å²) in [4.78, 5) is 14.6. The molecule has 1 amide bonds. The van der Waals surface area contributed by atoms with E-state index in [9.17, 15) is 4.79 Å². The van der Waals surface area contributed by atoms with Crippen LogP contribution in [0.15, 0.2) is 39.5 Å². The average Bonchev–Trinajstić information content (AvgIpc) is 3.10. The van der Waals surface area contributed by atoms with Gasteiger partial charge in [-0.25, -0.2) is 0 Å². The van der Waals surface area contributed by atoms with Crippen molar-refractivity contribution in [3.8, 4) is 0 Å². The minimum atomic E-state index is -0.0569. The Labute approximate surface area is 130 Å². The lowest BCUT2D eigenvalue weighted by atomic mass is 10.2. The van der Waals surface area contributed by atoms with Crippen molar-refractivity contribution in [3.63, 3.8) is 0 Å². The molecule has 0 atom stereocenters. The van der Waals surface area contributed by atoms with Crippen LogP contribution in [0, 0.1) is 0 Å². The molecular weight excluding hydrogens is 336 g/mol. The summed E-state index contributed by atoms with van der Waals surface area (Å²) in [5, 5.41) is 4.88. The van der Waals surface area contributed by atoms with Crippen LogP contribution in [0.3, 0.4) is 0 Å². The third-order valence-electron chi connectivity index (χ3n) is 3.43. The molecule has 3 rings (SSSR count). The molecule has 104 valence electrons. The second kappa shape index (κ2) is 5.97. The van der Waals surface area contributed by atoms with Crippen LogP contribution in [0.2, 0.25) is 0 Å². The van der Waals surface area contributed by atoms with Crippen LogP contribution in [0.1, 0.15) is 23.2 Å². The highest BCUT2D eigenvalue weighted by Crippen LogP contribution is 2.29. The van der Waals surface area contributed by atoms with Gasteiger partial charge in [0.15, 0.2) is 0 Å². The van der Waals surface area contributed by atoms with E-state index in [1.165, 1.54) is 24.2 Å². The molecule has 1 N–H and O–H groups in total. The van der Waals surface area contributed by atoms with Gasteiger partial charge in [0.05, 0.1) is 20.7 Å². The molecule has 1 aliphatic rings. The van der Waals surface area contributed by atoms with E-state index in [1.807, 2.05) is 29.6 Å². The number of benzene rings is 1. The monoisotopic (exact) mass is 350 g/mol. The predicted octanol–water partition coefficient (Wildman–Crippen LogP) is 4.36. The van der Waals surface area contributed by atoms with Gasteiger partial charge in [-0.05, 0) is 47.0 Å². The number of amides is 1. The molecule has 20 heavy (non-hydrogen) atoms. The van der Waals surface area contributed by atoms with E-state index in [-0.39, 0.29) is 5.91 Å². The Morgan fingerprint density at radius 2 is 2.00 bits per heavy atom. The van der Waals surface area contributed by atoms with Gasteiger partial charge in [0.25, 0.3) is 5.91 Å². The Hall–Kier alpha value is -1.33. The fourth-order valence-electron chi connectivity index (χ4n) is 2.44. The van der Waals surface area contributed by atoms with Gasteiger partial charge in [0.1, 0.15) is 0 Å².